The summed E-state index contributed by atoms with van der Waals surface area (Å²) >= 11 is 6.06. The highest BCUT2D eigenvalue weighted by Gasteiger charge is 2.11. The zero-order valence-corrected chi connectivity index (χ0v) is 15.7. The highest BCUT2D eigenvalue weighted by atomic mass is 35.5. The molecule has 1 N–H and O–H groups in total. The van der Waals surface area contributed by atoms with E-state index in [0.29, 0.717) is 34.5 Å². The van der Waals surface area contributed by atoms with Gasteiger partial charge in [-0.2, -0.15) is 0 Å². The van der Waals surface area contributed by atoms with Gasteiger partial charge < -0.3 is 19.2 Å². The Morgan fingerprint density at radius 2 is 2.04 bits per heavy atom. The van der Waals surface area contributed by atoms with Gasteiger partial charge in [-0.1, -0.05) is 23.7 Å². The molecule has 0 saturated heterocycles. The molecule has 0 aliphatic rings. The molecule has 3 aromatic rings. The third kappa shape index (κ3) is 4.80. The summed E-state index contributed by atoms with van der Waals surface area (Å²) in [5, 5.41) is 3.23. The molecule has 1 amide bonds. The Kier molecular flexibility index (Phi) is 5.98. The van der Waals surface area contributed by atoms with Gasteiger partial charge >= 0.3 is 0 Å². The fourth-order valence-corrected chi connectivity index (χ4v) is 2.78. The number of methoxy groups -OCH3 is 2. The Balaban J connectivity index is 1.58. The fraction of sp³-hybridized carbons (Fsp3) is 0.200. The number of carbonyl (C=O) groups excluding carboxylic acids is 1. The molecule has 0 unspecified atom stereocenters. The molecular formula is C20H19ClN2O4. The lowest BCUT2D eigenvalue weighted by atomic mass is 10.2. The number of benzene rings is 2. The molecular weight excluding hydrogens is 368 g/mol. The van der Waals surface area contributed by atoms with Crippen molar-refractivity contribution in [1.29, 1.82) is 0 Å². The third-order valence-electron chi connectivity index (χ3n) is 3.91. The molecule has 0 spiro atoms. The number of amides is 1. The maximum atomic E-state index is 12.1. The summed E-state index contributed by atoms with van der Waals surface area (Å²) in [6, 6.07) is 12.6. The Morgan fingerprint density at radius 1 is 1.19 bits per heavy atom. The molecule has 1 aromatic heterocycles. The SMILES string of the molecule is COc1cccc(-c2cnc(CCC(=O)Nc3ccc(OC)c(Cl)c3)o2)c1. The van der Waals surface area contributed by atoms with Crippen molar-refractivity contribution in [2.75, 3.05) is 19.5 Å². The zero-order valence-electron chi connectivity index (χ0n) is 15.0. The van der Waals surface area contributed by atoms with E-state index in [9.17, 15) is 4.79 Å². The Hall–Kier alpha value is -2.99. The van der Waals surface area contributed by atoms with E-state index in [4.69, 9.17) is 25.5 Å². The number of rotatable bonds is 7. The number of aryl methyl sites for hydroxylation is 1. The number of ether oxygens (including phenoxy) is 2. The van der Waals surface area contributed by atoms with Crippen molar-refractivity contribution in [2.45, 2.75) is 12.8 Å². The Morgan fingerprint density at radius 3 is 2.78 bits per heavy atom. The molecule has 0 fully saturated rings. The van der Waals surface area contributed by atoms with Crippen LogP contribution >= 0.6 is 11.6 Å². The highest BCUT2D eigenvalue weighted by Crippen LogP contribution is 2.27. The van der Waals surface area contributed by atoms with Gasteiger partial charge in [-0.05, 0) is 30.3 Å². The molecule has 27 heavy (non-hydrogen) atoms. The summed E-state index contributed by atoms with van der Waals surface area (Å²) in [5.74, 6) is 2.27. The van der Waals surface area contributed by atoms with E-state index < -0.39 is 0 Å². The molecule has 7 heteroatoms. The number of aromatic nitrogens is 1. The van der Waals surface area contributed by atoms with Gasteiger partial charge in [-0.25, -0.2) is 4.98 Å². The molecule has 0 bridgehead atoms. The van der Waals surface area contributed by atoms with Gasteiger partial charge in [0, 0.05) is 24.1 Å². The second-order valence-corrected chi connectivity index (χ2v) is 6.15. The molecule has 0 aliphatic heterocycles. The lowest BCUT2D eigenvalue weighted by Crippen LogP contribution is -2.12. The number of hydrogen-bond donors (Lipinski definition) is 1. The van der Waals surface area contributed by atoms with Crippen molar-refractivity contribution in [1.82, 2.24) is 4.98 Å². The maximum Gasteiger partial charge on any atom is 0.224 e. The maximum absolute atomic E-state index is 12.1. The number of oxazole rings is 1. The van der Waals surface area contributed by atoms with Crippen molar-refractivity contribution in [3.8, 4) is 22.8 Å². The summed E-state index contributed by atoms with van der Waals surface area (Å²) in [7, 11) is 3.15. The molecule has 3 rings (SSSR count). The largest absolute Gasteiger partial charge is 0.497 e. The standard InChI is InChI=1S/C20H19ClN2O4/c1-25-15-5-3-4-13(10-15)18-12-22-20(27-18)9-8-19(24)23-14-6-7-17(26-2)16(21)11-14/h3-7,10-12H,8-9H2,1-2H3,(H,23,24). The van der Waals surface area contributed by atoms with E-state index in [1.165, 1.54) is 7.11 Å². The average molecular weight is 387 g/mol. The molecule has 2 aromatic carbocycles. The number of carbonyl (C=O) groups is 1. The van der Waals surface area contributed by atoms with E-state index in [1.54, 1.807) is 31.5 Å². The first-order valence-corrected chi connectivity index (χ1v) is 8.69. The summed E-state index contributed by atoms with van der Waals surface area (Å²) in [6.07, 6.45) is 2.27. The lowest BCUT2D eigenvalue weighted by Gasteiger charge is -2.07. The van der Waals surface area contributed by atoms with E-state index in [2.05, 4.69) is 10.3 Å². The second kappa shape index (κ2) is 8.60. The highest BCUT2D eigenvalue weighted by molar-refractivity contribution is 6.32. The molecule has 0 saturated carbocycles. The van der Waals surface area contributed by atoms with Crippen LogP contribution < -0.4 is 14.8 Å². The van der Waals surface area contributed by atoms with Gasteiger partial charge in [-0.3, -0.25) is 4.79 Å². The van der Waals surface area contributed by atoms with Gasteiger partial charge in [0.15, 0.2) is 11.7 Å². The minimum atomic E-state index is -0.155. The van der Waals surface area contributed by atoms with Crippen LogP contribution in [0.15, 0.2) is 53.1 Å². The molecule has 0 aliphatic carbocycles. The number of anilines is 1. The topological polar surface area (TPSA) is 73.6 Å². The van der Waals surface area contributed by atoms with E-state index in [-0.39, 0.29) is 12.3 Å². The van der Waals surface area contributed by atoms with Crippen molar-refractivity contribution >= 4 is 23.2 Å². The fourth-order valence-electron chi connectivity index (χ4n) is 2.52. The van der Waals surface area contributed by atoms with Crippen LogP contribution in [0.1, 0.15) is 12.3 Å². The van der Waals surface area contributed by atoms with Gasteiger partial charge in [-0.15, -0.1) is 0 Å². The second-order valence-electron chi connectivity index (χ2n) is 5.75. The summed E-state index contributed by atoms with van der Waals surface area (Å²) in [5.41, 5.74) is 1.47. The quantitative estimate of drug-likeness (QED) is 0.643. The smallest absolute Gasteiger partial charge is 0.224 e. The Labute approximate surface area is 162 Å². The summed E-state index contributed by atoms with van der Waals surface area (Å²) in [4.78, 5) is 16.4. The monoisotopic (exact) mass is 386 g/mol. The minimum absolute atomic E-state index is 0.155. The first kappa shape index (κ1) is 18.8. The van der Waals surface area contributed by atoms with Crippen LogP contribution in [0.2, 0.25) is 5.02 Å². The zero-order chi connectivity index (χ0) is 19.2. The van der Waals surface area contributed by atoms with Gasteiger partial charge in [0.05, 0.1) is 25.4 Å². The predicted octanol–water partition coefficient (Wildman–Crippen LogP) is 4.58. The molecule has 140 valence electrons. The third-order valence-corrected chi connectivity index (χ3v) is 4.20. The molecule has 0 atom stereocenters. The van der Waals surface area contributed by atoms with Crippen LogP contribution in [0.4, 0.5) is 5.69 Å². The Bertz CT molecular complexity index is 939. The summed E-state index contributed by atoms with van der Waals surface area (Å²) in [6.45, 7) is 0. The van der Waals surface area contributed by atoms with E-state index in [1.807, 2.05) is 24.3 Å². The number of nitrogens with one attached hydrogen (secondary N) is 1. The van der Waals surface area contributed by atoms with Crippen molar-refractivity contribution in [2.24, 2.45) is 0 Å². The average Bonchev–Trinajstić information content (AvgIpc) is 3.16. The van der Waals surface area contributed by atoms with Gasteiger partial charge in [0.25, 0.3) is 0 Å². The number of nitrogens with zero attached hydrogens (tertiary/aromatic N) is 1. The number of hydrogen-bond acceptors (Lipinski definition) is 5. The van der Waals surface area contributed by atoms with Gasteiger partial charge in [0.1, 0.15) is 11.5 Å². The van der Waals surface area contributed by atoms with Crippen molar-refractivity contribution in [3.63, 3.8) is 0 Å². The van der Waals surface area contributed by atoms with Crippen molar-refractivity contribution < 1.29 is 18.7 Å². The normalized spacial score (nSPS) is 10.5. The lowest BCUT2D eigenvalue weighted by molar-refractivity contribution is -0.116. The van der Waals surface area contributed by atoms with Gasteiger partial charge in [0.2, 0.25) is 5.91 Å². The number of halogens is 1. The van der Waals surface area contributed by atoms with E-state index >= 15 is 0 Å². The van der Waals surface area contributed by atoms with Crippen LogP contribution in [-0.2, 0) is 11.2 Å². The van der Waals surface area contributed by atoms with Crippen LogP contribution in [-0.4, -0.2) is 25.1 Å². The van der Waals surface area contributed by atoms with Crippen molar-refractivity contribution in [3.05, 3.63) is 59.6 Å². The van der Waals surface area contributed by atoms with Crippen LogP contribution in [0, 0.1) is 0 Å². The molecule has 1 heterocycles. The van der Waals surface area contributed by atoms with Crippen LogP contribution in [0.25, 0.3) is 11.3 Å². The predicted molar refractivity (Wildman–Crippen MR) is 103 cm³/mol. The summed E-state index contributed by atoms with van der Waals surface area (Å²) < 4.78 is 16.0. The molecule has 6 nitrogen and oxygen atoms in total. The first-order valence-electron chi connectivity index (χ1n) is 8.31. The molecule has 0 radical (unpaired) electrons. The van der Waals surface area contributed by atoms with E-state index in [0.717, 1.165) is 11.3 Å². The first-order chi connectivity index (χ1) is 13.1. The van der Waals surface area contributed by atoms with Crippen LogP contribution in [0.5, 0.6) is 11.5 Å². The van der Waals surface area contributed by atoms with Crippen LogP contribution in [0.3, 0.4) is 0 Å². The minimum Gasteiger partial charge on any atom is -0.497 e.